The lowest BCUT2D eigenvalue weighted by Gasteiger charge is -2.62. The first-order chi connectivity index (χ1) is 17.1. The van der Waals surface area contributed by atoms with Gasteiger partial charge in [0.2, 0.25) is 0 Å². The molecule has 1 N–H and O–H groups in total. The zero-order chi connectivity index (χ0) is 25.8. The first-order valence-corrected chi connectivity index (χ1v) is 14.3. The second-order valence-corrected chi connectivity index (χ2v) is 13.6. The molecule has 0 spiro atoms. The van der Waals surface area contributed by atoms with Crippen molar-refractivity contribution in [2.45, 2.75) is 103 Å². The van der Waals surface area contributed by atoms with E-state index in [2.05, 4.69) is 31.9 Å². The van der Waals surface area contributed by atoms with Gasteiger partial charge in [0.1, 0.15) is 6.07 Å². The molecule has 6 heteroatoms. The summed E-state index contributed by atoms with van der Waals surface area (Å²) in [6, 6.07) is 2.20. The van der Waals surface area contributed by atoms with Crippen LogP contribution in [0.4, 0.5) is 0 Å². The number of hydrogen-bond donors (Lipinski definition) is 1. The Labute approximate surface area is 217 Å². The minimum Gasteiger partial charge on any atom is -0.390 e. The van der Waals surface area contributed by atoms with Gasteiger partial charge in [-0.25, -0.2) is 0 Å². The molecule has 1 aromatic rings. The van der Waals surface area contributed by atoms with E-state index in [4.69, 9.17) is 9.47 Å². The van der Waals surface area contributed by atoms with Gasteiger partial charge < -0.3 is 14.6 Å². The molecule has 0 unspecified atom stereocenters. The van der Waals surface area contributed by atoms with Crippen molar-refractivity contribution in [3.8, 4) is 6.07 Å². The third kappa shape index (κ3) is 4.14. The van der Waals surface area contributed by atoms with Gasteiger partial charge in [-0.2, -0.15) is 10.4 Å². The second kappa shape index (κ2) is 9.40. The molecule has 4 saturated carbocycles. The molecule has 0 saturated heterocycles. The Morgan fingerprint density at radius 3 is 2.58 bits per heavy atom. The molecule has 0 aliphatic heterocycles. The molecule has 4 aliphatic carbocycles. The van der Waals surface area contributed by atoms with Crippen molar-refractivity contribution >= 4 is 0 Å². The lowest BCUT2D eigenvalue weighted by molar-refractivity contribution is -0.168. The van der Waals surface area contributed by atoms with E-state index in [0.29, 0.717) is 36.0 Å². The molecule has 9 atom stereocenters. The maximum Gasteiger partial charge on any atom is 0.102 e. The molecule has 1 heterocycles. The van der Waals surface area contributed by atoms with Crippen LogP contribution in [0.25, 0.3) is 0 Å². The van der Waals surface area contributed by atoms with Crippen molar-refractivity contribution in [1.82, 2.24) is 9.78 Å². The molecular weight excluding hydrogens is 450 g/mol. The topological polar surface area (TPSA) is 80.3 Å². The number of nitriles is 1. The van der Waals surface area contributed by atoms with Crippen LogP contribution in [0.1, 0.15) is 90.5 Å². The number of nitrogens with zero attached hydrogens (tertiary/aromatic N) is 3. The summed E-state index contributed by atoms with van der Waals surface area (Å²) in [5.41, 5.74) is 0.394. The standard InChI is InChI=1S/C30H47N3O3/c1-27-12-13-30(34,14-15-35-4)16-22(27)6-7-23-24-8-9-26(28(24,2)11-10-25(23)27)29(3,36-5)20-33-19-21(17-31)18-32-33/h18-19,22-26,34H,6-16,20H2,1-5H3/t22-,23+,24+,25+,26+,27+,28+,29+,30+/m1/s1. The van der Waals surface area contributed by atoms with Crippen LogP contribution < -0.4 is 0 Å². The second-order valence-electron chi connectivity index (χ2n) is 13.6. The number of rotatable bonds is 7. The summed E-state index contributed by atoms with van der Waals surface area (Å²) in [7, 11) is 3.60. The molecule has 0 aromatic carbocycles. The summed E-state index contributed by atoms with van der Waals surface area (Å²) < 4.78 is 13.5. The van der Waals surface area contributed by atoms with Gasteiger partial charge in [0.05, 0.1) is 29.5 Å². The molecule has 6 nitrogen and oxygen atoms in total. The minimum absolute atomic E-state index is 0.272. The van der Waals surface area contributed by atoms with Crippen molar-refractivity contribution in [2.75, 3.05) is 20.8 Å². The molecular formula is C30H47N3O3. The van der Waals surface area contributed by atoms with Crippen molar-refractivity contribution in [3.63, 3.8) is 0 Å². The van der Waals surface area contributed by atoms with Gasteiger partial charge in [-0.05, 0) is 112 Å². The summed E-state index contributed by atoms with van der Waals surface area (Å²) in [5, 5.41) is 25.0. The van der Waals surface area contributed by atoms with Crippen LogP contribution in [0, 0.1) is 51.8 Å². The molecule has 36 heavy (non-hydrogen) atoms. The summed E-state index contributed by atoms with van der Waals surface area (Å²) in [6.45, 7) is 8.74. The largest absolute Gasteiger partial charge is 0.390 e. The van der Waals surface area contributed by atoms with Gasteiger partial charge in [-0.1, -0.05) is 13.8 Å². The Kier molecular flexibility index (Phi) is 6.84. The Bertz CT molecular complexity index is 988. The van der Waals surface area contributed by atoms with Crippen molar-refractivity contribution < 1.29 is 14.6 Å². The van der Waals surface area contributed by atoms with E-state index in [1.54, 1.807) is 13.3 Å². The van der Waals surface area contributed by atoms with Crippen LogP contribution in [-0.2, 0) is 16.0 Å². The maximum atomic E-state index is 11.3. The summed E-state index contributed by atoms with van der Waals surface area (Å²) in [4.78, 5) is 0. The quantitative estimate of drug-likeness (QED) is 0.531. The lowest BCUT2D eigenvalue weighted by Crippen LogP contribution is -2.57. The van der Waals surface area contributed by atoms with Crippen LogP contribution in [0.15, 0.2) is 12.4 Å². The molecule has 4 aliphatic rings. The van der Waals surface area contributed by atoms with E-state index in [-0.39, 0.29) is 11.0 Å². The fraction of sp³-hybridized carbons (Fsp3) is 0.867. The van der Waals surface area contributed by atoms with Crippen LogP contribution in [-0.4, -0.2) is 46.9 Å². The maximum absolute atomic E-state index is 11.3. The fourth-order valence-corrected chi connectivity index (χ4v) is 9.99. The molecule has 1 aromatic heterocycles. The molecule has 5 rings (SSSR count). The minimum atomic E-state index is -0.535. The van der Waals surface area contributed by atoms with Gasteiger partial charge >= 0.3 is 0 Å². The number of methoxy groups -OCH3 is 2. The Morgan fingerprint density at radius 2 is 1.89 bits per heavy atom. The lowest BCUT2D eigenvalue weighted by atomic mass is 9.43. The number of fused-ring (bicyclic) bond motifs is 5. The predicted molar refractivity (Wildman–Crippen MR) is 139 cm³/mol. The first-order valence-electron chi connectivity index (χ1n) is 14.3. The molecule has 0 radical (unpaired) electrons. The zero-order valence-corrected chi connectivity index (χ0v) is 23.1. The average Bonchev–Trinajstić information content (AvgIpc) is 3.47. The molecule has 0 amide bonds. The Hall–Kier alpha value is -1.42. The summed E-state index contributed by atoms with van der Waals surface area (Å²) >= 11 is 0. The van der Waals surface area contributed by atoms with Crippen molar-refractivity contribution in [3.05, 3.63) is 18.0 Å². The van der Waals surface area contributed by atoms with Gasteiger partial charge in [0.25, 0.3) is 0 Å². The molecule has 0 bridgehead atoms. The fourth-order valence-electron chi connectivity index (χ4n) is 9.99. The number of hydrogen-bond acceptors (Lipinski definition) is 5. The van der Waals surface area contributed by atoms with E-state index in [9.17, 15) is 10.4 Å². The van der Waals surface area contributed by atoms with Crippen molar-refractivity contribution in [2.24, 2.45) is 40.4 Å². The Balaban J connectivity index is 1.34. The van der Waals surface area contributed by atoms with E-state index < -0.39 is 5.60 Å². The van der Waals surface area contributed by atoms with E-state index in [1.165, 1.54) is 38.5 Å². The normalized spacial score (nSPS) is 43.6. The van der Waals surface area contributed by atoms with Gasteiger partial charge in [0.15, 0.2) is 0 Å². The van der Waals surface area contributed by atoms with Crippen LogP contribution in [0.3, 0.4) is 0 Å². The van der Waals surface area contributed by atoms with Crippen LogP contribution >= 0.6 is 0 Å². The van der Waals surface area contributed by atoms with E-state index in [1.807, 2.05) is 18.0 Å². The van der Waals surface area contributed by atoms with Gasteiger partial charge in [0, 0.05) is 27.0 Å². The van der Waals surface area contributed by atoms with Crippen LogP contribution in [0.2, 0.25) is 0 Å². The highest BCUT2D eigenvalue weighted by Crippen LogP contribution is 2.69. The summed E-state index contributed by atoms with van der Waals surface area (Å²) in [5.74, 6) is 3.42. The predicted octanol–water partition coefficient (Wildman–Crippen LogP) is 5.59. The molecule has 4 fully saturated rings. The summed E-state index contributed by atoms with van der Waals surface area (Å²) in [6.07, 6.45) is 14.9. The van der Waals surface area contributed by atoms with Crippen molar-refractivity contribution in [1.29, 1.82) is 5.26 Å². The molecule has 200 valence electrons. The third-order valence-corrected chi connectivity index (χ3v) is 12.0. The van der Waals surface area contributed by atoms with Crippen LogP contribution in [0.5, 0.6) is 0 Å². The SMILES string of the molecule is COCC[C@@]1(O)CC[C@@]2(C)[C@H](CC[C@@H]3[C@@H]2CC[C@@]2(C)[C@H]3CC[C@@H]2[C@](C)(Cn2cc(C#N)cn2)OC)C1. The monoisotopic (exact) mass is 497 g/mol. The Morgan fingerprint density at radius 1 is 1.11 bits per heavy atom. The van der Waals surface area contributed by atoms with E-state index in [0.717, 1.165) is 43.4 Å². The van der Waals surface area contributed by atoms with Gasteiger partial charge in [-0.3, -0.25) is 4.68 Å². The number of aromatic nitrogens is 2. The average molecular weight is 498 g/mol. The first kappa shape index (κ1) is 26.2. The highest BCUT2D eigenvalue weighted by molar-refractivity contribution is 5.22. The number of aliphatic hydroxyl groups is 1. The highest BCUT2D eigenvalue weighted by Gasteiger charge is 2.63. The third-order valence-electron chi connectivity index (χ3n) is 12.0. The van der Waals surface area contributed by atoms with Gasteiger partial charge in [-0.15, -0.1) is 0 Å². The highest BCUT2D eigenvalue weighted by atomic mass is 16.5. The number of ether oxygens (including phenoxy) is 2. The zero-order valence-electron chi connectivity index (χ0n) is 23.1. The van der Waals surface area contributed by atoms with E-state index >= 15 is 0 Å². The smallest absolute Gasteiger partial charge is 0.102 e.